The van der Waals surface area contributed by atoms with Gasteiger partial charge in [0.15, 0.2) is 5.82 Å². The summed E-state index contributed by atoms with van der Waals surface area (Å²) in [5, 5.41) is 10.2. The third-order valence-electron chi connectivity index (χ3n) is 9.88. The molecule has 5 heterocycles. The van der Waals surface area contributed by atoms with Crippen LogP contribution in [0.1, 0.15) is 44.6 Å². The van der Waals surface area contributed by atoms with Crippen molar-refractivity contribution in [1.29, 1.82) is 5.26 Å². The van der Waals surface area contributed by atoms with Crippen molar-refractivity contribution in [2.45, 2.75) is 62.9 Å². The number of hydrogen-bond donors (Lipinski definition) is 1. The fourth-order valence-electron chi connectivity index (χ4n) is 7.69. The Kier molecular flexibility index (Phi) is 8.38. The maximum absolute atomic E-state index is 16.9. The number of likely N-dealkylation sites (tertiary alicyclic amines) is 1. The number of amides is 1. The van der Waals surface area contributed by atoms with Crippen molar-refractivity contribution < 1.29 is 27.4 Å². The van der Waals surface area contributed by atoms with Gasteiger partial charge in [-0.3, -0.25) is 9.69 Å². The first-order valence-corrected chi connectivity index (χ1v) is 17.0. The number of hydrogen-bond acceptors (Lipinski definition) is 9. The van der Waals surface area contributed by atoms with E-state index in [1.807, 2.05) is 13.0 Å². The Morgan fingerprint density at radius 3 is 2.90 bits per heavy atom. The lowest BCUT2D eigenvalue weighted by atomic mass is 9.95. The van der Waals surface area contributed by atoms with Crippen LogP contribution < -0.4 is 15.2 Å². The summed E-state index contributed by atoms with van der Waals surface area (Å²) in [7, 11) is 0. The van der Waals surface area contributed by atoms with Gasteiger partial charge in [-0.2, -0.15) is 15.2 Å². The highest BCUT2D eigenvalue weighted by molar-refractivity contribution is 7.23. The summed E-state index contributed by atoms with van der Waals surface area (Å²) in [6.07, 6.45) is 2.85. The molecule has 4 atom stereocenters. The van der Waals surface area contributed by atoms with E-state index >= 15 is 4.39 Å². The van der Waals surface area contributed by atoms with Crippen molar-refractivity contribution in [3.8, 4) is 29.1 Å². The van der Waals surface area contributed by atoms with Crippen molar-refractivity contribution >= 4 is 54.8 Å². The molecule has 3 aliphatic rings. The molecule has 0 aliphatic carbocycles. The van der Waals surface area contributed by atoms with Crippen LogP contribution in [0.2, 0.25) is 5.02 Å². The minimum atomic E-state index is -0.973. The number of thiophene rings is 1. The van der Waals surface area contributed by atoms with Crippen LogP contribution >= 0.6 is 22.9 Å². The maximum atomic E-state index is 16.9. The van der Waals surface area contributed by atoms with Crippen LogP contribution in [0, 0.1) is 23.0 Å². The third kappa shape index (κ3) is 5.21. The second-order valence-electron chi connectivity index (χ2n) is 12.5. The zero-order valence-corrected chi connectivity index (χ0v) is 27.6. The molecule has 0 radical (unpaired) electrons. The van der Waals surface area contributed by atoms with Gasteiger partial charge in [0.2, 0.25) is 11.8 Å². The zero-order chi connectivity index (χ0) is 33.9. The van der Waals surface area contributed by atoms with E-state index in [1.54, 1.807) is 4.90 Å². The molecule has 0 spiro atoms. The number of nitriles is 1. The zero-order valence-electron chi connectivity index (χ0n) is 26.1. The lowest BCUT2D eigenvalue weighted by Gasteiger charge is -2.31. The normalized spacial score (nSPS) is 23.9. The van der Waals surface area contributed by atoms with Crippen LogP contribution in [0.3, 0.4) is 0 Å². The number of halogens is 4. The summed E-state index contributed by atoms with van der Waals surface area (Å²) in [4.78, 5) is 25.4. The molecule has 250 valence electrons. The van der Waals surface area contributed by atoms with Crippen molar-refractivity contribution in [1.82, 2.24) is 19.8 Å². The molecule has 0 saturated carbocycles. The second kappa shape index (κ2) is 12.4. The molecule has 3 fully saturated rings. The van der Waals surface area contributed by atoms with Crippen molar-refractivity contribution in [3.05, 3.63) is 53.1 Å². The monoisotopic (exact) mass is 696 g/mol. The summed E-state index contributed by atoms with van der Waals surface area (Å²) in [5.74, 6) is -1.67. The number of carbonyl (C=O) groups excluding carboxylic acids is 1. The molecule has 7 rings (SSSR count). The van der Waals surface area contributed by atoms with E-state index in [0.29, 0.717) is 32.4 Å². The van der Waals surface area contributed by atoms with E-state index in [1.165, 1.54) is 24.3 Å². The van der Waals surface area contributed by atoms with E-state index in [4.69, 9.17) is 26.8 Å². The third-order valence-corrected chi connectivity index (χ3v) is 11.2. The molecule has 2 N–H and O–H groups in total. The summed E-state index contributed by atoms with van der Waals surface area (Å²) in [6.45, 7) is 7.17. The Balaban J connectivity index is 1.36. The molecular weight excluding hydrogens is 665 g/mol. The van der Waals surface area contributed by atoms with Crippen molar-refractivity contribution in [2.75, 3.05) is 32.0 Å². The van der Waals surface area contributed by atoms with Crippen LogP contribution in [-0.4, -0.2) is 75.8 Å². The van der Waals surface area contributed by atoms with Crippen LogP contribution in [-0.2, 0) is 4.79 Å². The van der Waals surface area contributed by atoms with Gasteiger partial charge in [-0.25, -0.2) is 13.2 Å². The van der Waals surface area contributed by atoms with Gasteiger partial charge in [0, 0.05) is 36.9 Å². The molecule has 2 aromatic heterocycles. The second-order valence-corrected chi connectivity index (χ2v) is 14.0. The fourth-order valence-corrected chi connectivity index (χ4v) is 8.93. The molecule has 9 nitrogen and oxygen atoms in total. The number of anilines is 1. The highest BCUT2D eigenvalue weighted by atomic mass is 35.5. The molecule has 2 aromatic carbocycles. The van der Waals surface area contributed by atoms with Crippen LogP contribution in [0.5, 0.6) is 11.9 Å². The first-order chi connectivity index (χ1) is 23.1. The SMILES string of the molecule is C=CC(=O)N1CCC(Oc2nc(OCC34CCCN3CC(F)C4)nc3c(F)c(-c4ccc(F)c5sc(N)c(C#N)c45)c(Cl)cc23)C1CC. The number of carbonyl (C=O) groups is 1. The smallest absolute Gasteiger partial charge is 0.320 e. The van der Waals surface area contributed by atoms with Gasteiger partial charge in [0.1, 0.15) is 41.3 Å². The number of aromatic nitrogens is 2. The van der Waals surface area contributed by atoms with E-state index in [0.717, 1.165) is 30.7 Å². The topological polar surface area (TPSA) is 118 Å². The summed E-state index contributed by atoms with van der Waals surface area (Å²) in [5.41, 5.74) is 5.44. The number of nitrogen functional groups attached to an aromatic ring is 1. The quantitative estimate of drug-likeness (QED) is 0.200. The minimum Gasteiger partial charge on any atom is -0.471 e. The number of nitrogens with zero attached hydrogens (tertiary/aromatic N) is 5. The number of nitrogens with two attached hydrogens (primary N) is 1. The van der Waals surface area contributed by atoms with Crippen LogP contribution in [0.15, 0.2) is 30.9 Å². The molecule has 48 heavy (non-hydrogen) atoms. The Hall–Kier alpha value is -4.12. The minimum absolute atomic E-state index is 0.0102. The predicted octanol–water partition coefficient (Wildman–Crippen LogP) is 6.80. The predicted molar refractivity (Wildman–Crippen MR) is 178 cm³/mol. The summed E-state index contributed by atoms with van der Waals surface area (Å²) >= 11 is 7.68. The Labute approximate surface area is 283 Å². The number of alkyl halides is 1. The van der Waals surface area contributed by atoms with E-state index in [9.17, 15) is 18.8 Å². The standard InChI is InChI=1S/C34H32ClF3N6O3S/c1-3-23-24(8-11-44(23)25(45)4-2)47-32-19-12-21(35)27(18-6-7-22(37)30-26(18)20(14-39)31(40)48-30)28(38)29(19)41-33(42-32)46-16-34-9-5-10-43(34)15-17(36)13-34/h4,6-7,12,17,23-24H,2-3,5,8-11,13,15-16,40H2,1H3. The van der Waals surface area contributed by atoms with Gasteiger partial charge in [0.05, 0.1) is 32.3 Å². The van der Waals surface area contributed by atoms with Gasteiger partial charge in [-0.05, 0) is 49.6 Å². The molecule has 3 aliphatic heterocycles. The maximum Gasteiger partial charge on any atom is 0.320 e. The molecule has 1 amide bonds. The van der Waals surface area contributed by atoms with Crippen LogP contribution in [0.25, 0.3) is 32.1 Å². The molecule has 0 bridgehead atoms. The lowest BCUT2D eigenvalue weighted by molar-refractivity contribution is -0.127. The Morgan fingerprint density at radius 1 is 1.33 bits per heavy atom. The highest BCUT2D eigenvalue weighted by Gasteiger charge is 2.49. The Morgan fingerprint density at radius 2 is 2.15 bits per heavy atom. The first-order valence-electron chi connectivity index (χ1n) is 15.8. The molecule has 4 aromatic rings. The van der Waals surface area contributed by atoms with Gasteiger partial charge in [-0.1, -0.05) is 31.2 Å². The fraction of sp³-hybridized carbons (Fsp3) is 0.412. The van der Waals surface area contributed by atoms with Gasteiger partial charge in [-0.15, -0.1) is 11.3 Å². The summed E-state index contributed by atoms with van der Waals surface area (Å²) < 4.78 is 59.0. The number of ether oxygens (including phenoxy) is 2. The average Bonchev–Trinajstić information content (AvgIpc) is 3.81. The van der Waals surface area contributed by atoms with Crippen LogP contribution in [0.4, 0.5) is 18.2 Å². The van der Waals surface area contributed by atoms with Crippen molar-refractivity contribution in [2.24, 2.45) is 0 Å². The molecule has 4 unspecified atom stereocenters. The number of benzene rings is 2. The average molecular weight is 697 g/mol. The Bertz CT molecular complexity index is 2020. The van der Waals surface area contributed by atoms with Gasteiger partial charge >= 0.3 is 6.01 Å². The van der Waals surface area contributed by atoms with E-state index < -0.39 is 29.4 Å². The number of rotatable bonds is 8. The molecule has 14 heteroatoms. The molecule has 3 saturated heterocycles. The van der Waals surface area contributed by atoms with Gasteiger partial charge in [0.25, 0.3) is 0 Å². The van der Waals surface area contributed by atoms with E-state index in [-0.39, 0.29) is 78.1 Å². The lowest BCUT2D eigenvalue weighted by Crippen LogP contribution is -2.43. The van der Waals surface area contributed by atoms with E-state index in [2.05, 4.69) is 21.4 Å². The van der Waals surface area contributed by atoms with Gasteiger partial charge < -0.3 is 20.1 Å². The first kappa shape index (κ1) is 32.4. The highest BCUT2D eigenvalue weighted by Crippen LogP contribution is 2.46. The van der Waals surface area contributed by atoms with Crippen molar-refractivity contribution in [3.63, 3.8) is 0 Å². The summed E-state index contributed by atoms with van der Waals surface area (Å²) in [6, 6.07) is 5.54. The number of fused-ring (bicyclic) bond motifs is 3. The molecular formula is C34H32ClF3N6O3S. The largest absolute Gasteiger partial charge is 0.471 e.